The van der Waals surface area contributed by atoms with Crippen molar-refractivity contribution in [3.05, 3.63) is 176 Å². The fourth-order valence-electron chi connectivity index (χ4n) is 7.05. The van der Waals surface area contributed by atoms with Crippen LogP contribution in [-0.4, -0.2) is 34.9 Å². The molecule has 0 aliphatic heterocycles. The summed E-state index contributed by atoms with van der Waals surface area (Å²) >= 11 is 0. The minimum Gasteiger partial charge on any atom is -0.255 e. The predicted octanol–water partition coefficient (Wildman–Crippen LogP) is 10.6. The molecule has 0 saturated carbocycles. The number of pyridine rings is 4. The second-order valence-electron chi connectivity index (χ2n) is 12.8. The summed E-state index contributed by atoms with van der Waals surface area (Å²) in [6, 6.07) is 55.6. The maximum Gasteiger partial charge on any atom is 0.122 e. The van der Waals surface area contributed by atoms with Gasteiger partial charge in [-0.3, -0.25) is 9.97 Å². The lowest BCUT2D eigenvalue weighted by molar-refractivity contribution is 0.766. The van der Waals surface area contributed by atoms with Crippen LogP contribution in [0.25, 0.3) is 94.7 Å². The van der Waals surface area contributed by atoms with Crippen LogP contribution >= 0.6 is 0 Å². The van der Waals surface area contributed by atoms with Crippen molar-refractivity contribution in [2.24, 2.45) is 0 Å². The van der Waals surface area contributed by atoms with Crippen molar-refractivity contribution < 1.29 is 0 Å². The van der Waals surface area contributed by atoms with Gasteiger partial charge in [0.25, 0.3) is 0 Å². The molecule has 5 aromatic heterocycles. The molecule has 0 spiro atoms. The number of hydrogen-bond acceptors (Lipinski definition) is 6. The Hall–Kier alpha value is -7.38. The third kappa shape index (κ3) is 5.48. The van der Waals surface area contributed by atoms with Gasteiger partial charge in [-0.25, -0.2) is 9.97 Å². The van der Waals surface area contributed by atoms with Gasteiger partial charge in [0.2, 0.25) is 0 Å². The molecule has 0 N–H and O–H groups in total. The van der Waals surface area contributed by atoms with E-state index < -0.39 is 0 Å². The van der Waals surface area contributed by atoms with Crippen LogP contribution in [0.1, 0.15) is 0 Å². The highest BCUT2D eigenvalue weighted by Gasteiger charge is 2.19. The molecule has 0 unspecified atom stereocenters. The van der Waals surface area contributed by atoms with Crippen LogP contribution in [0.2, 0.25) is 0 Å². The summed E-state index contributed by atoms with van der Waals surface area (Å²) in [6.07, 6.45) is 3.58. The number of para-hydroxylation sites is 2. The first-order valence-electron chi connectivity index (χ1n) is 17.5. The van der Waals surface area contributed by atoms with E-state index in [4.69, 9.17) is 20.2 Å². The highest BCUT2D eigenvalue weighted by molar-refractivity contribution is 6.22. The number of rotatable bonds is 6. The molecule has 0 bridgehead atoms. The van der Waals surface area contributed by atoms with Crippen molar-refractivity contribution in [3.8, 4) is 62.0 Å². The van der Waals surface area contributed by atoms with Crippen LogP contribution in [0.5, 0.6) is 0 Å². The number of hydrogen-bond donors (Lipinski definition) is 0. The Balaban J connectivity index is 1.14. The summed E-state index contributed by atoms with van der Waals surface area (Å²) in [5, 5.41) is 13.1. The van der Waals surface area contributed by atoms with Gasteiger partial charge in [0.1, 0.15) is 11.0 Å². The Labute approximate surface area is 304 Å². The van der Waals surface area contributed by atoms with E-state index in [1.807, 2.05) is 78.9 Å². The van der Waals surface area contributed by atoms with Crippen LogP contribution in [0, 0.1) is 0 Å². The maximum absolute atomic E-state index is 5.42. The zero-order valence-corrected chi connectivity index (χ0v) is 28.4. The van der Waals surface area contributed by atoms with Crippen LogP contribution in [-0.2, 0) is 0 Å². The molecule has 7 nitrogen and oxygen atoms in total. The molecule has 5 heterocycles. The monoisotopic (exact) mass is 679 g/mol. The SMILES string of the molecule is c1ccc(-c2nc3c(-c4ccc(-c5cc(-c6ccccn6)nc(-c6ccccn6)c5)cc4)cccc3c3c2ccc2nn(-c4ccccc4)nc23)cc1. The number of nitrogens with zero attached hydrogens (tertiary/aromatic N) is 7. The van der Waals surface area contributed by atoms with Gasteiger partial charge in [-0.2, -0.15) is 4.80 Å². The largest absolute Gasteiger partial charge is 0.255 e. The topological polar surface area (TPSA) is 82.3 Å². The smallest absolute Gasteiger partial charge is 0.122 e. The van der Waals surface area contributed by atoms with Crippen LogP contribution in [0.15, 0.2) is 176 Å². The quantitative estimate of drug-likeness (QED) is 0.163. The number of aromatic nitrogens is 7. The Morgan fingerprint density at radius 1 is 0.396 bits per heavy atom. The van der Waals surface area contributed by atoms with Gasteiger partial charge in [0.05, 0.1) is 39.7 Å². The lowest BCUT2D eigenvalue weighted by atomic mass is 9.94. The molecule has 5 aromatic carbocycles. The molecule has 0 fully saturated rings. The predicted molar refractivity (Wildman–Crippen MR) is 212 cm³/mol. The molecule has 0 aliphatic rings. The third-order valence-corrected chi connectivity index (χ3v) is 9.58. The molecule has 0 aliphatic carbocycles. The highest BCUT2D eigenvalue weighted by Crippen LogP contribution is 2.40. The van der Waals surface area contributed by atoms with Gasteiger partial charge in [0, 0.05) is 39.7 Å². The lowest BCUT2D eigenvalue weighted by Crippen LogP contribution is -1.97. The van der Waals surface area contributed by atoms with E-state index in [0.29, 0.717) is 0 Å². The van der Waals surface area contributed by atoms with Crippen molar-refractivity contribution in [1.82, 2.24) is 34.9 Å². The molecule has 7 heteroatoms. The molecule has 0 radical (unpaired) electrons. The second-order valence-corrected chi connectivity index (χ2v) is 12.8. The van der Waals surface area contributed by atoms with Crippen LogP contribution in [0.3, 0.4) is 0 Å². The number of fused-ring (bicyclic) bond motifs is 5. The standard InChI is InChI=1S/C46H29N7/c1-3-12-32(13-4-1)44-37-24-25-40-46(52-53(51-40)34-14-5-2-6-15-34)43(37)36-17-11-16-35(45(36)50-44)31-22-20-30(21-23-31)33-28-41(38-18-7-9-26-47-38)49-42(29-33)39-19-8-10-27-48-39/h1-29H. The molecule has 248 valence electrons. The molecular formula is C46H29N7. The summed E-state index contributed by atoms with van der Waals surface area (Å²) in [5.74, 6) is 0. The molecular weight excluding hydrogens is 651 g/mol. The summed E-state index contributed by atoms with van der Waals surface area (Å²) in [7, 11) is 0. The van der Waals surface area contributed by atoms with Gasteiger partial charge >= 0.3 is 0 Å². The van der Waals surface area contributed by atoms with Gasteiger partial charge < -0.3 is 0 Å². The van der Waals surface area contributed by atoms with Crippen LogP contribution in [0.4, 0.5) is 0 Å². The molecule has 10 aromatic rings. The minimum atomic E-state index is 0.793. The first-order valence-corrected chi connectivity index (χ1v) is 17.5. The van der Waals surface area contributed by atoms with Crippen molar-refractivity contribution in [1.29, 1.82) is 0 Å². The van der Waals surface area contributed by atoms with Crippen LogP contribution < -0.4 is 0 Å². The van der Waals surface area contributed by atoms with E-state index in [0.717, 1.165) is 94.7 Å². The molecule has 10 rings (SSSR count). The molecule has 53 heavy (non-hydrogen) atoms. The van der Waals surface area contributed by atoms with Crippen molar-refractivity contribution in [2.45, 2.75) is 0 Å². The average molecular weight is 680 g/mol. The normalized spacial score (nSPS) is 11.4. The third-order valence-electron chi connectivity index (χ3n) is 9.58. The summed E-state index contributed by atoms with van der Waals surface area (Å²) in [4.78, 5) is 21.3. The zero-order chi connectivity index (χ0) is 35.1. The molecule has 0 atom stereocenters. The van der Waals surface area contributed by atoms with Crippen molar-refractivity contribution >= 4 is 32.7 Å². The molecule has 0 amide bonds. The second kappa shape index (κ2) is 12.7. The minimum absolute atomic E-state index is 0.793. The fraction of sp³-hybridized carbons (Fsp3) is 0. The molecule has 0 saturated heterocycles. The van der Waals surface area contributed by atoms with E-state index in [-0.39, 0.29) is 0 Å². The summed E-state index contributed by atoms with van der Waals surface area (Å²) in [6.45, 7) is 0. The first kappa shape index (κ1) is 30.4. The Morgan fingerprint density at radius 3 is 1.74 bits per heavy atom. The van der Waals surface area contributed by atoms with E-state index >= 15 is 0 Å². The van der Waals surface area contributed by atoms with E-state index in [1.54, 1.807) is 17.2 Å². The van der Waals surface area contributed by atoms with Gasteiger partial charge in [-0.15, -0.1) is 10.2 Å². The number of benzene rings is 5. The van der Waals surface area contributed by atoms with Gasteiger partial charge in [0.15, 0.2) is 0 Å². The summed E-state index contributed by atoms with van der Waals surface area (Å²) in [5.41, 5.74) is 12.9. The maximum atomic E-state index is 5.42. The Morgan fingerprint density at radius 2 is 1.06 bits per heavy atom. The van der Waals surface area contributed by atoms with E-state index in [2.05, 4.69) is 94.9 Å². The fourth-order valence-corrected chi connectivity index (χ4v) is 7.05. The highest BCUT2D eigenvalue weighted by atomic mass is 15.5. The lowest BCUT2D eigenvalue weighted by Gasteiger charge is -2.14. The average Bonchev–Trinajstić information content (AvgIpc) is 3.69. The van der Waals surface area contributed by atoms with E-state index in [9.17, 15) is 0 Å². The zero-order valence-electron chi connectivity index (χ0n) is 28.4. The van der Waals surface area contributed by atoms with Gasteiger partial charge in [-0.1, -0.05) is 103 Å². The summed E-state index contributed by atoms with van der Waals surface area (Å²) < 4.78 is 0. The van der Waals surface area contributed by atoms with E-state index in [1.165, 1.54) is 0 Å². The van der Waals surface area contributed by atoms with Crippen molar-refractivity contribution in [3.63, 3.8) is 0 Å². The Kier molecular flexibility index (Phi) is 7.32. The Bertz CT molecular complexity index is 2850. The first-order chi connectivity index (χ1) is 26.3. The van der Waals surface area contributed by atoms with Gasteiger partial charge in [-0.05, 0) is 77.4 Å². The van der Waals surface area contributed by atoms with Crippen molar-refractivity contribution in [2.75, 3.05) is 0 Å².